The molecule has 2 N–H and O–H groups in total. The fourth-order valence-corrected chi connectivity index (χ4v) is 1.69. The smallest absolute Gasteiger partial charge is 0.317 e. The second kappa shape index (κ2) is 7.43. The molecule has 0 aliphatic carbocycles. The lowest BCUT2D eigenvalue weighted by atomic mass is 10.3. The Morgan fingerprint density at radius 1 is 1.31 bits per heavy atom. The number of carbonyl (C=O) groups is 1. The number of nitrogens with one attached hydrogen (secondary N) is 1. The van der Waals surface area contributed by atoms with E-state index in [1.54, 1.807) is 7.05 Å². The van der Waals surface area contributed by atoms with Crippen LogP contribution in [-0.4, -0.2) is 80.5 Å². The van der Waals surface area contributed by atoms with Crippen LogP contribution in [0.1, 0.15) is 0 Å². The summed E-state index contributed by atoms with van der Waals surface area (Å²) in [7, 11) is 1.65. The number of aliphatic hydroxyl groups excluding tert-OH is 1. The van der Waals surface area contributed by atoms with E-state index in [1.807, 2.05) is 4.90 Å². The number of nitrogens with zero attached hydrogens (tertiary/aromatic N) is 2. The average Bonchev–Trinajstić information content (AvgIpc) is 2.34. The standard InChI is InChI=1S/C10H21N3O3/c1-11-10(15)13-4-2-12(3-5-13)6-8-16-9-7-14/h14H,2-9H2,1H3,(H,11,15). The molecule has 1 aliphatic heterocycles. The Bertz CT molecular complexity index is 205. The fraction of sp³-hybridized carbons (Fsp3) is 0.900. The highest BCUT2D eigenvalue weighted by Gasteiger charge is 2.19. The zero-order valence-electron chi connectivity index (χ0n) is 9.81. The summed E-state index contributed by atoms with van der Waals surface area (Å²) in [5.41, 5.74) is 0. The summed E-state index contributed by atoms with van der Waals surface area (Å²) in [6.07, 6.45) is 0. The van der Waals surface area contributed by atoms with Crippen molar-refractivity contribution in [3.8, 4) is 0 Å². The molecule has 0 atom stereocenters. The van der Waals surface area contributed by atoms with Crippen LogP contribution >= 0.6 is 0 Å². The minimum atomic E-state index is -0.00354. The first-order chi connectivity index (χ1) is 7.77. The van der Waals surface area contributed by atoms with Crippen molar-refractivity contribution in [3.63, 3.8) is 0 Å². The minimum absolute atomic E-state index is 0.00354. The van der Waals surface area contributed by atoms with E-state index in [4.69, 9.17) is 9.84 Å². The molecule has 0 bridgehead atoms. The van der Waals surface area contributed by atoms with Crippen molar-refractivity contribution in [2.45, 2.75) is 0 Å². The van der Waals surface area contributed by atoms with Crippen LogP contribution in [0.5, 0.6) is 0 Å². The summed E-state index contributed by atoms with van der Waals surface area (Å²) in [5, 5.41) is 11.2. The molecule has 0 aromatic rings. The minimum Gasteiger partial charge on any atom is -0.394 e. The third-order valence-corrected chi connectivity index (χ3v) is 2.66. The Balaban J connectivity index is 2.10. The van der Waals surface area contributed by atoms with Crippen molar-refractivity contribution < 1.29 is 14.6 Å². The van der Waals surface area contributed by atoms with Gasteiger partial charge in [0.1, 0.15) is 0 Å². The Morgan fingerprint density at radius 3 is 2.56 bits per heavy atom. The fourth-order valence-electron chi connectivity index (χ4n) is 1.69. The summed E-state index contributed by atoms with van der Waals surface area (Å²) in [6.45, 7) is 5.27. The number of aliphatic hydroxyl groups is 1. The van der Waals surface area contributed by atoms with Crippen LogP contribution in [0.25, 0.3) is 0 Å². The number of carbonyl (C=O) groups excluding carboxylic acids is 1. The molecule has 1 heterocycles. The van der Waals surface area contributed by atoms with Crippen LogP contribution in [0.3, 0.4) is 0 Å². The molecule has 6 heteroatoms. The van der Waals surface area contributed by atoms with Gasteiger partial charge in [-0.1, -0.05) is 0 Å². The van der Waals surface area contributed by atoms with Gasteiger partial charge in [0.25, 0.3) is 0 Å². The molecule has 0 aromatic carbocycles. The molecular weight excluding hydrogens is 210 g/mol. The summed E-state index contributed by atoms with van der Waals surface area (Å²) >= 11 is 0. The average molecular weight is 231 g/mol. The van der Waals surface area contributed by atoms with Gasteiger partial charge < -0.3 is 20.1 Å². The van der Waals surface area contributed by atoms with Crippen molar-refractivity contribution in [1.29, 1.82) is 0 Å². The van der Waals surface area contributed by atoms with Gasteiger partial charge in [-0.25, -0.2) is 4.79 Å². The monoisotopic (exact) mass is 231 g/mol. The van der Waals surface area contributed by atoms with Crippen molar-refractivity contribution >= 4 is 6.03 Å². The number of rotatable bonds is 5. The number of hydrogen-bond donors (Lipinski definition) is 2. The molecule has 0 unspecified atom stereocenters. The van der Waals surface area contributed by atoms with Gasteiger partial charge in [0, 0.05) is 39.8 Å². The number of urea groups is 1. The Kier molecular flexibility index (Phi) is 6.14. The predicted molar refractivity (Wildman–Crippen MR) is 60.4 cm³/mol. The van der Waals surface area contributed by atoms with E-state index in [1.165, 1.54) is 0 Å². The predicted octanol–water partition coefficient (Wildman–Crippen LogP) is -1.05. The second-order valence-corrected chi connectivity index (χ2v) is 3.72. The van der Waals surface area contributed by atoms with Gasteiger partial charge >= 0.3 is 6.03 Å². The Labute approximate surface area is 96.2 Å². The van der Waals surface area contributed by atoms with Gasteiger partial charge in [-0.3, -0.25) is 4.90 Å². The number of ether oxygens (including phenoxy) is 1. The third-order valence-electron chi connectivity index (χ3n) is 2.66. The zero-order valence-corrected chi connectivity index (χ0v) is 9.81. The quantitative estimate of drug-likeness (QED) is 0.593. The van der Waals surface area contributed by atoms with E-state index >= 15 is 0 Å². The Hall–Kier alpha value is -0.850. The summed E-state index contributed by atoms with van der Waals surface area (Å²) in [6, 6.07) is -0.00354. The van der Waals surface area contributed by atoms with Crippen molar-refractivity contribution in [2.24, 2.45) is 0 Å². The topological polar surface area (TPSA) is 65.0 Å². The maximum absolute atomic E-state index is 11.3. The van der Waals surface area contributed by atoms with E-state index in [-0.39, 0.29) is 12.6 Å². The zero-order chi connectivity index (χ0) is 11.8. The highest BCUT2D eigenvalue weighted by Crippen LogP contribution is 2.01. The second-order valence-electron chi connectivity index (χ2n) is 3.72. The van der Waals surface area contributed by atoms with Crippen LogP contribution < -0.4 is 5.32 Å². The van der Waals surface area contributed by atoms with Crippen LogP contribution in [0.2, 0.25) is 0 Å². The molecule has 1 rings (SSSR count). The van der Waals surface area contributed by atoms with Gasteiger partial charge in [0.05, 0.1) is 19.8 Å². The first-order valence-corrected chi connectivity index (χ1v) is 5.65. The molecule has 1 fully saturated rings. The molecule has 94 valence electrons. The molecule has 1 aliphatic rings. The first kappa shape index (κ1) is 13.2. The molecule has 2 amide bonds. The maximum Gasteiger partial charge on any atom is 0.317 e. The van der Waals surface area contributed by atoms with Crippen molar-refractivity contribution in [3.05, 3.63) is 0 Å². The number of piperazine rings is 1. The van der Waals surface area contributed by atoms with Crippen LogP contribution in [0.15, 0.2) is 0 Å². The van der Waals surface area contributed by atoms with Crippen LogP contribution in [0, 0.1) is 0 Å². The van der Waals surface area contributed by atoms with Crippen LogP contribution in [-0.2, 0) is 4.74 Å². The lowest BCUT2D eigenvalue weighted by Gasteiger charge is -2.34. The number of amides is 2. The molecule has 6 nitrogen and oxygen atoms in total. The van der Waals surface area contributed by atoms with Crippen molar-refractivity contribution in [1.82, 2.24) is 15.1 Å². The molecule has 0 spiro atoms. The molecule has 0 aromatic heterocycles. The first-order valence-electron chi connectivity index (χ1n) is 5.65. The molecule has 0 radical (unpaired) electrons. The van der Waals surface area contributed by atoms with Crippen molar-refractivity contribution in [2.75, 3.05) is 59.6 Å². The van der Waals surface area contributed by atoms with E-state index < -0.39 is 0 Å². The summed E-state index contributed by atoms with van der Waals surface area (Å²) < 4.78 is 5.20. The highest BCUT2D eigenvalue weighted by atomic mass is 16.5. The van der Waals surface area contributed by atoms with E-state index in [0.717, 1.165) is 32.7 Å². The molecule has 16 heavy (non-hydrogen) atoms. The van der Waals surface area contributed by atoms with Gasteiger partial charge in [0.2, 0.25) is 0 Å². The van der Waals surface area contributed by atoms with E-state index in [2.05, 4.69) is 10.2 Å². The molecule has 0 saturated carbocycles. The third kappa shape index (κ3) is 4.34. The van der Waals surface area contributed by atoms with Crippen LogP contribution in [0.4, 0.5) is 4.79 Å². The number of hydrogen-bond acceptors (Lipinski definition) is 4. The normalized spacial score (nSPS) is 17.5. The van der Waals surface area contributed by atoms with E-state index in [9.17, 15) is 4.79 Å². The van der Waals surface area contributed by atoms with Gasteiger partial charge in [-0.05, 0) is 0 Å². The lowest BCUT2D eigenvalue weighted by Crippen LogP contribution is -2.51. The maximum atomic E-state index is 11.3. The summed E-state index contributed by atoms with van der Waals surface area (Å²) in [4.78, 5) is 15.4. The molecule has 1 saturated heterocycles. The highest BCUT2D eigenvalue weighted by molar-refractivity contribution is 5.73. The lowest BCUT2D eigenvalue weighted by molar-refractivity contribution is 0.0620. The van der Waals surface area contributed by atoms with Gasteiger partial charge in [-0.15, -0.1) is 0 Å². The summed E-state index contributed by atoms with van der Waals surface area (Å²) in [5.74, 6) is 0. The van der Waals surface area contributed by atoms with E-state index in [0.29, 0.717) is 13.2 Å². The van der Waals surface area contributed by atoms with Gasteiger partial charge in [0.15, 0.2) is 0 Å². The SMILES string of the molecule is CNC(=O)N1CCN(CCOCCO)CC1. The Morgan fingerprint density at radius 2 is 2.00 bits per heavy atom. The largest absolute Gasteiger partial charge is 0.394 e. The van der Waals surface area contributed by atoms with Gasteiger partial charge in [-0.2, -0.15) is 0 Å². The molecular formula is C10H21N3O3.